The van der Waals surface area contributed by atoms with Crippen molar-refractivity contribution in [1.82, 2.24) is 9.97 Å². The van der Waals surface area contributed by atoms with E-state index in [1.807, 2.05) is 43.3 Å². The lowest BCUT2D eigenvalue weighted by Gasteiger charge is -2.19. The molecular weight excluding hydrogens is 336 g/mol. The number of aromatic nitrogens is 2. The predicted octanol–water partition coefficient (Wildman–Crippen LogP) is 5.08. The Bertz CT molecular complexity index is 909. The zero-order valence-corrected chi connectivity index (χ0v) is 16.1. The minimum atomic E-state index is -0.285. The van der Waals surface area contributed by atoms with E-state index >= 15 is 0 Å². The first-order valence-corrected chi connectivity index (χ1v) is 8.89. The zero-order valence-electron chi connectivity index (χ0n) is 16.1. The molecule has 1 heterocycles. The van der Waals surface area contributed by atoms with Gasteiger partial charge in [0.05, 0.1) is 12.4 Å². The molecule has 2 aromatic carbocycles. The number of hydrogen-bond acceptors (Lipinski definition) is 4. The number of carbonyl (C=O) groups excluding carboxylic acids is 1. The number of nitrogens with zero attached hydrogens (tertiary/aromatic N) is 2. The Balaban J connectivity index is 1.64. The number of amides is 1. The molecule has 0 aliphatic carbocycles. The largest absolute Gasteiger partial charge is 0.339 e. The van der Waals surface area contributed by atoms with Gasteiger partial charge in [0.1, 0.15) is 11.5 Å². The predicted molar refractivity (Wildman–Crippen MR) is 110 cm³/mol. The van der Waals surface area contributed by atoms with E-state index < -0.39 is 0 Å². The van der Waals surface area contributed by atoms with Gasteiger partial charge < -0.3 is 10.6 Å². The lowest BCUT2D eigenvalue weighted by Crippen LogP contribution is -2.14. The SMILES string of the molecule is Cc1ccc(NC(=O)c2cnc(Nc3ccc(C(C)(C)C)cc3)cn2)cc1. The van der Waals surface area contributed by atoms with Crippen LogP contribution in [0.4, 0.5) is 17.2 Å². The molecule has 0 aliphatic heterocycles. The molecule has 0 atom stereocenters. The Kier molecular flexibility index (Phi) is 5.21. The number of rotatable bonds is 4. The first kappa shape index (κ1) is 18.6. The van der Waals surface area contributed by atoms with Crippen LogP contribution in [0.25, 0.3) is 0 Å². The highest BCUT2D eigenvalue weighted by molar-refractivity contribution is 6.02. The molecule has 0 fully saturated rings. The highest BCUT2D eigenvalue weighted by Crippen LogP contribution is 2.24. The van der Waals surface area contributed by atoms with Crippen molar-refractivity contribution < 1.29 is 4.79 Å². The summed E-state index contributed by atoms with van der Waals surface area (Å²) in [4.78, 5) is 20.8. The summed E-state index contributed by atoms with van der Waals surface area (Å²) in [6, 6.07) is 15.8. The van der Waals surface area contributed by atoms with Gasteiger partial charge in [-0.2, -0.15) is 0 Å². The average Bonchev–Trinajstić information content (AvgIpc) is 2.64. The van der Waals surface area contributed by atoms with Crippen LogP contribution in [0.2, 0.25) is 0 Å². The van der Waals surface area contributed by atoms with Crippen molar-refractivity contribution in [2.75, 3.05) is 10.6 Å². The standard InChI is InChI=1S/C22H24N4O/c1-15-5-9-18(10-6-15)26-21(27)19-13-24-20(14-23-19)25-17-11-7-16(8-12-17)22(2,3)4/h5-14H,1-4H3,(H,24,25)(H,26,27). The monoisotopic (exact) mass is 360 g/mol. The normalized spacial score (nSPS) is 11.1. The molecule has 0 saturated carbocycles. The number of hydrogen-bond donors (Lipinski definition) is 2. The summed E-state index contributed by atoms with van der Waals surface area (Å²) in [6.45, 7) is 8.54. The highest BCUT2D eigenvalue weighted by atomic mass is 16.1. The Labute approximate surface area is 159 Å². The van der Waals surface area contributed by atoms with Crippen molar-refractivity contribution in [3.05, 3.63) is 77.7 Å². The van der Waals surface area contributed by atoms with E-state index in [0.29, 0.717) is 5.82 Å². The molecule has 3 rings (SSSR count). The van der Waals surface area contributed by atoms with E-state index in [0.717, 1.165) is 16.9 Å². The van der Waals surface area contributed by atoms with Gasteiger partial charge in [0.15, 0.2) is 0 Å². The summed E-state index contributed by atoms with van der Waals surface area (Å²) in [5, 5.41) is 6.01. The molecule has 0 saturated heterocycles. The van der Waals surface area contributed by atoms with E-state index in [2.05, 4.69) is 53.5 Å². The minimum Gasteiger partial charge on any atom is -0.339 e. The van der Waals surface area contributed by atoms with Crippen LogP contribution >= 0.6 is 0 Å². The third kappa shape index (κ3) is 4.91. The molecule has 0 bridgehead atoms. The van der Waals surface area contributed by atoms with E-state index in [-0.39, 0.29) is 17.0 Å². The molecule has 27 heavy (non-hydrogen) atoms. The first-order chi connectivity index (χ1) is 12.8. The first-order valence-electron chi connectivity index (χ1n) is 8.89. The maximum absolute atomic E-state index is 12.3. The second kappa shape index (κ2) is 7.58. The second-order valence-electron chi connectivity index (χ2n) is 7.56. The van der Waals surface area contributed by atoms with Gasteiger partial charge in [0.2, 0.25) is 0 Å². The zero-order chi connectivity index (χ0) is 19.4. The van der Waals surface area contributed by atoms with Crippen LogP contribution < -0.4 is 10.6 Å². The van der Waals surface area contributed by atoms with Crippen LogP contribution in [-0.2, 0) is 5.41 Å². The Morgan fingerprint density at radius 3 is 2.04 bits per heavy atom. The smallest absolute Gasteiger partial charge is 0.275 e. The lowest BCUT2D eigenvalue weighted by molar-refractivity contribution is 0.102. The molecule has 0 aliphatic rings. The minimum absolute atomic E-state index is 0.116. The number of nitrogens with one attached hydrogen (secondary N) is 2. The molecular formula is C22H24N4O. The number of anilines is 3. The number of carbonyl (C=O) groups is 1. The number of benzene rings is 2. The van der Waals surface area contributed by atoms with Crippen LogP contribution in [0.3, 0.4) is 0 Å². The van der Waals surface area contributed by atoms with Crippen LogP contribution in [0.15, 0.2) is 60.9 Å². The van der Waals surface area contributed by atoms with Crippen LogP contribution in [0, 0.1) is 6.92 Å². The van der Waals surface area contributed by atoms with Crippen LogP contribution in [0.1, 0.15) is 42.4 Å². The van der Waals surface area contributed by atoms with E-state index in [9.17, 15) is 4.79 Å². The fourth-order valence-electron chi connectivity index (χ4n) is 2.54. The molecule has 0 spiro atoms. The maximum atomic E-state index is 12.3. The average molecular weight is 360 g/mol. The summed E-state index contributed by atoms with van der Waals surface area (Å²) < 4.78 is 0. The maximum Gasteiger partial charge on any atom is 0.275 e. The van der Waals surface area contributed by atoms with Gasteiger partial charge in [-0.05, 0) is 42.2 Å². The van der Waals surface area contributed by atoms with Crippen molar-refractivity contribution in [3.63, 3.8) is 0 Å². The molecule has 0 radical (unpaired) electrons. The van der Waals surface area contributed by atoms with Gasteiger partial charge in [-0.15, -0.1) is 0 Å². The van der Waals surface area contributed by atoms with Crippen molar-refractivity contribution in [3.8, 4) is 0 Å². The van der Waals surface area contributed by atoms with Crippen molar-refractivity contribution in [2.45, 2.75) is 33.1 Å². The molecule has 1 amide bonds. The second-order valence-corrected chi connectivity index (χ2v) is 7.56. The van der Waals surface area contributed by atoms with Gasteiger partial charge in [-0.25, -0.2) is 9.97 Å². The summed E-state index contributed by atoms with van der Waals surface area (Å²) >= 11 is 0. The van der Waals surface area contributed by atoms with E-state index in [1.54, 1.807) is 6.20 Å². The summed E-state index contributed by atoms with van der Waals surface area (Å²) in [6.07, 6.45) is 3.02. The van der Waals surface area contributed by atoms with Gasteiger partial charge in [-0.3, -0.25) is 4.79 Å². The molecule has 138 valence electrons. The van der Waals surface area contributed by atoms with Crippen molar-refractivity contribution in [2.24, 2.45) is 0 Å². The Hall–Kier alpha value is -3.21. The quantitative estimate of drug-likeness (QED) is 0.681. The topological polar surface area (TPSA) is 66.9 Å². The van der Waals surface area contributed by atoms with Crippen LogP contribution in [0.5, 0.6) is 0 Å². The molecule has 0 unspecified atom stereocenters. The summed E-state index contributed by atoms with van der Waals surface area (Å²) in [5.41, 5.74) is 4.44. The third-order valence-corrected chi connectivity index (χ3v) is 4.22. The Morgan fingerprint density at radius 2 is 1.48 bits per heavy atom. The fraction of sp³-hybridized carbons (Fsp3) is 0.227. The fourth-order valence-corrected chi connectivity index (χ4v) is 2.54. The number of aryl methyl sites for hydroxylation is 1. The highest BCUT2D eigenvalue weighted by Gasteiger charge is 2.13. The van der Waals surface area contributed by atoms with Crippen molar-refractivity contribution in [1.29, 1.82) is 0 Å². The Morgan fingerprint density at radius 1 is 0.852 bits per heavy atom. The van der Waals surface area contributed by atoms with E-state index in [4.69, 9.17) is 0 Å². The molecule has 5 nitrogen and oxygen atoms in total. The lowest BCUT2D eigenvalue weighted by atomic mass is 9.87. The van der Waals surface area contributed by atoms with Crippen molar-refractivity contribution >= 4 is 23.1 Å². The molecule has 5 heteroatoms. The molecule has 3 aromatic rings. The molecule has 2 N–H and O–H groups in total. The van der Waals surface area contributed by atoms with Gasteiger partial charge in [-0.1, -0.05) is 50.6 Å². The van der Waals surface area contributed by atoms with Crippen LogP contribution in [-0.4, -0.2) is 15.9 Å². The van der Waals surface area contributed by atoms with Gasteiger partial charge >= 0.3 is 0 Å². The molecule has 1 aromatic heterocycles. The van der Waals surface area contributed by atoms with Gasteiger partial charge in [0, 0.05) is 11.4 Å². The summed E-state index contributed by atoms with van der Waals surface area (Å²) in [7, 11) is 0. The van der Waals surface area contributed by atoms with E-state index in [1.165, 1.54) is 11.8 Å². The third-order valence-electron chi connectivity index (χ3n) is 4.22. The van der Waals surface area contributed by atoms with Gasteiger partial charge in [0.25, 0.3) is 5.91 Å². The summed E-state index contributed by atoms with van der Waals surface area (Å²) in [5.74, 6) is 0.304.